The van der Waals surface area contributed by atoms with Gasteiger partial charge >= 0.3 is 0 Å². The number of carbonyl (C=O) groups is 1. The topological polar surface area (TPSA) is 64.3 Å². The zero-order valence-corrected chi connectivity index (χ0v) is 12.1. The van der Waals surface area contributed by atoms with Crippen molar-refractivity contribution in [3.63, 3.8) is 0 Å². The molecule has 0 aromatic carbocycles. The van der Waals surface area contributed by atoms with Crippen molar-refractivity contribution >= 4 is 18.3 Å². The van der Waals surface area contributed by atoms with Crippen LogP contribution in [0.15, 0.2) is 0 Å². The molecule has 1 unspecified atom stereocenters. The summed E-state index contributed by atoms with van der Waals surface area (Å²) in [5.41, 5.74) is 5.13. The van der Waals surface area contributed by atoms with E-state index < -0.39 is 5.54 Å². The molecule has 0 saturated carbocycles. The van der Waals surface area contributed by atoms with Gasteiger partial charge in [0.2, 0.25) is 5.91 Å². The highest BCUT2D eigenvalue weighted by Crippen LogP contribution is 2.07. The van der Waals surface area contributed by atoms with Gasteiger partial charge in [0.25, 0.3) is 0 Å². The Morgan fingerprint density at radius 1 is 1.29 bits per heavy atom. The molecule has 104 valence electrons. The molecule has 0 spiro atoms. The van der Waals surface area contributed by atoms with Crippen molar-refractivity contribution in [1.82, 2.24) is 5.32 Å². The largest absolute Gasteiger partial charge is 0.380 e. The van der Waals surface area contributed by atoms with Gasteiger partial charge < -0.3 is 15.8 Å². The summed E-state index contributed by atoms with van der Waals surface area (Å²) in [7, 11) is 0. The number of unbranched alkanes of at least 4 members (excludes halogenated alkanes) is 1. The van der Waals surface area contributed by atoms with Gasteiger partial charge in [0, 0.05) is 13.2 Å². The van der Waals surface area contributed by atoms with Crippen LogP contribution in [0.4, 0.5) is 0 Å². The molecule has 0 bridgehead atoms. The molecule has 0 aliphatic carbocycles. The molecule has 0 radical (unpaired) electrons. The van der Waals surface area contributed by atoms with E-state index in [1.165, 1.54) is 0 Å². The van der Waals surface area contributed by atoms with Crippen molar-refractivity contribution in [2.24, 2.45) is 5.73 Å². The van der Waals surface area contributed by atoms with Crippen molar-refractivity contribution in [2.75, 3.05) is 19.8 Å². The SMILES string of the molecule is CCCCOCCNC(=O)C(C)(N)CCC.Cl. The summed E-state index contributed by atoms with van der Waals surface area (Å²) >= 11 is 0. The smallest absolute Gasteiger partial charge is 0.239 e. The van der Waals surface area contributed by atoms with Crippen molar-refractivity contribution in [2.45, 2.75) is 52.0 Å². The number of halogens is 1. The Labute approximate surface area is 111 Å². The first-order valence-corrected chi connectivity index (χ1v) is 6.19. The molecule has 0 saturated heterocycles. The van der Waals surface area contributed by atoms with Crippen LogP contribution in [0.3, 0.4) is 0 Å². The second kappa shape index (κ2) is 10.8. The summed E-state index contributed by atoms with van der Waals surface area (Å²) in [6.07, 6.45) is 3.81. The second-order valence-electron chi connectivity index (χ2n) is 4.39. The maximum absolute atomic E-state index is 11.7. The Bertz CT molecular complexity index is 199. The summed E-state index contributed by atoms with van der Waals surface area (Å²) in [4.78, 5) is 11.7. The fraction of sp³-hybridized carbons (Fsp3) is 0.917. The number of nitrogens with two attached hydrogens (primary N) is 1. The van der Waals surface area contributed by atoms with Crippen LogP contribution < -0.4 is 11.1 Å². The van der Waals surface area contributed by atoms with Crippen LogP contribution in [0.5, 0.6) is 0 Å². The van der Waals surface area contributed by atoms with Gasteiger partial charge in [-0.3, -0.25) is 4.79 Å². The van der Waals surface area contributed by atoms with E-state index in [1.807, 2.05) is 6.92 Å². The molecule has 0 aliphatic rings. The summed E-state index contributed by atoms with van der Waals surface area (Å²) in [6.45, 7) is 7.78. The summed E-state index contributed by atoms with van der Waals surface area (Å²) in [5, 5.41) is 2.80. The van der Waals surface area contributed by atoms with Crippen molar-refractivity contribution in [3.05, 3.63) is 0 Å². The van der Waals surface area contributed by atoms with Gasteiger partial charge in [-0.1, -0.05) is 26.7 Å². The van der Waals surface area contributed by atoms with Crippen LogP contribution in [0.2, 0.25) is 0 Å². The Hall–Kier alpha value is -0.320. The number of hydrogen-bond acceptors (Lipinski definition) is 3. The van der Waals surface area contributed by atoms with E-state index in [4.69, 9.17) is 10.5 Å². The first-order chi connectivity index (χ1) is 7.54. The quantitative estimate of drug-likeness (QED) is 0.626. The summed E-state index contributed by atoms with van der Waals surface area (Å²) < 4.78 is 5.34. The number of hydrogen-bond donors (Lipinski definition) is 2. The van der Waals surface area contributed by atoms with Crippen LogP contribution in [0.25, 0.3) is 0 Å². The van der Waals surface area contributed by atoms with E-state index >= 15 is 0 Å². The van der Waals surface area contributed by atoms with Crippen LogP contribution in [-0.2, 0) is 9.53 Å². The minimum atomic E-state index is -0.752. The molecule has 0 fully saturated rings. The third-order valence-electron chi connectivity index (χ3n) is 2.46. The van der Waals surface area contributed by atoms with E-state index in [1.54, 1.807) is 6.92 Å². The number of rotatable bonds is 9. The molecule has 0 heterocycles. The molecule has 0 aromatic heterocycles. The molecule has 5 heteroatoms. The highest BCUT2D eigenvalue weighted by atomic mass is 35.5. The Morgan fingerprint density at radius 3 is 2.47 bits per heavy atom. The molecule has 0 aliphatic heterocycles. The molecule has 1 atom stereocenters. The first kappa shape index (κ1) is 19.0. The van der Waals surface area contributed by atoms with Crippen LogP contribution in [-0.4, -0.2) is 31.2 Å². The van der Waals surface area contributed by atoms with Gasteiger partial charge in [-0.15, -0.1) is 12.4 Å². The lowest BCUT2D eigenvalue weighted by molar-refractivity contribution is -0.126. The fourth-order valence-electron chi connectivity index (χ4n) is 1.42. The number of ether oxygens (including phenoxy) is 1. The standard InChI is InChI=1S/C12H26N2O2.ClH/c1-4-6-9-16-10-8-14-11(15)12(3,13)7-5-2;/h4-10,13H2,1-3H3,(H,14,15);1H. The van der Waals surface area contributed by atoms with E-state index in [0.717, 1.165) is 25.9 Å². The van der Waals surface area contributed by atoms with Gasteiger partial charge in [-0.25, -0.2) is 0 Å². The highest BCUT2D eigenvalue weighted by Gasteiger charge is 2.26. The highest BCUT2D eigenvalue weighted by molar-refractivity contribution is 5.85. The zero-order valence-electron chi connectivity index (χ0n) is 11.3. The maximum Gasteiger partial charge on any atom is 0.239 e. The monoisotopic (exact) mass is 266 g/mol. The third kappa shape index (κ3) is 9.39. The lowest BCUT2D eigenvalue weighted by atomic mass is 9.97. The number of nitrogens with one attached hydrogen (secondary N) is 1. The predicted octanol–water partition coefficient (Wildman–Crippen LogP) is 1.86. The minimum absolute atomic E-state index is 0. The average Bonchev–Trinajstić information content (AvgIpc) is 2.22. The Kier molecular flexibility index (Phi) is 12.1. The van der Waals surface area contributed by atoms with E-state index in [-0.39, 0.29) is 18.3 Å². The average molecular weight is 267 g/mol. The molecular formula is C12H27ClN2O2. The molecule has 4 nitrogen and oxygen atoms in total. The van der Waals surface area contributed by atoms with Crippen molar-refractivity contribution in [3.8, 4) is 0 Å². The molecule has 0 rings (SSSR count). The van der Waals surface area contributed by atoms with E-state index in [2.05, 4.69) is 12.2 Å². The van der Waals surface area contributed by atoms with Gasteiger partial charge in [0.05, 0.1) is 12.1 Å². The van der Waals surface area contributed by atoms with Gasteiger partial charge in [0.1, 0.15) is 0 Å². The normalized spacial score (nSPS) is 13.6. The lowest BCUT2D eigenvalue weighted by Crippen LogP contribution is -2.52. The molecule has 3 N–H and O–H groups in total. The Morgan fingerprint density at radius 2 is 1.94 bits per heavy atom. The van der Waals surface area contributed by atoms with Crippen LogP contribution >= 0.6 is 12.4 Å². The molecule has 17 heavy (non-hydrogen) atoms. The van der Waals surface area contributed by atoms with Gasteiger partial charge in [0.15, 0.2) is 0 Å². The van der Waals surface area contributed by atoms with Crippen LogP contribution in [0.1, 0.15) is 46.5 Å². The second-order valence-corrected chi connectivity index (χ2v) is 4.39. The third-order valence-corrected chi connectivity index (χ3v) is 2.46. The van der Waals surface area contributed by atoms with Gasteiger partial charge in [-0.2, -0.15) is 0 Å². The molecular weight excluding hydrogens is 240 g/mol. The van der Waals surface area contributed by atoms with E-state index in [0.29, 0.717) is 19.6 Å². The van der Waals surface area contributed by atoms with Crippen molar-refractivity contribution in [1.29, 1.82) is 0 Å². The lowest BCUT2D eigenvalue weighted by Gasteiger charge is -2.22. The minimum Gasteiger partial charge on any atom is -0.380 e. The summed E-state index contributed by atoms with van der Waals surface area (Å²) in [5.74, 6) is -0.0894. The first-order valence-electron chi connectivity index (χ1n) is 6.19. The molecule has 0 aromatic rings. The van der Waals surface area contributed by atoms with Crippen LogP contribution in [0, 0.1) is 0 Å². The number of amides is 1. The van der Waals surface area contributed by atoms with E-state index in [9.17, 15) is 4.79 Å². The summed E-state index contributed by atoms with van der Waals surface area (Å²) in [6, 6.07) is 0. The van der Waals surface area contributed by atoms with Gasteiger partial charge in [-0.05, 0) is 19.8 Å². The maximum atomic E-state index is 11.7. The Balaban J connectivity index is 0. The number of carbonyl (C=O) groups excluding carboxylic acids is 1. The zero-order chi connectivity index (χ0) is 12.4. The predicted molar refractivity (Wildman–Crippen MR) is 73.5 cm³/mol. The molecule has 1 amide bonds. The van der Waals surface area contributed by atoms with Crippen molar-refractivity contribution < 1.29 is 9.53 Å². The fourth-order valence-corrected chi connectivity index (χ4v) is 1.42.